The molecule has 110 valence electrons. The van der Waals surface area contributed by atoms with Gasteiger partial charge in [0.2, 0.25) is 0 Å². The maximum Gasteiger partial charge on any atom is 0.0697 e. The molecule has 2 heteroatoms. The molecule has 0 aromatic carbocycles. The van der Waals surface area contributed by atoms with Gasteiger partial charge in [0.1, 0.15) is 0 Å². The molecular formula is C16H32Br2. The third-order valence-electron chi connectivity index (χ3n) is 3.53. The lowest BCUT2D eigenvalue weighted by molar-refractivity contribution is 0.538. The van der Waals surface area contributed by atoms with Crippen LogP contribution in [0.1, 0.15) is 96.8 Å². The first kappa shape index (κ1) is 19.0. The van der Waals surface area contributed by atoms with E-state index in [2.05, 4.69) is 38.8 Å². The van der Waals surface area contributed by atoms with Gasteiger partial charge in [-0.1, -0.05) is 122 Å². The van der Waals surface area contributed by atoms with Crippen molar-refractivity contribution in [2.24, 2.45) is 0 Å². The van der Waals surface area contributed by atoms with Crippen LogP contribution in [0, 0.1) is 0 Å². The molecule has 0 nitrogen and oxygen atoms in total. The minimum atomic E-state index is 0.526. The molecule has 0 saturated heterocycles. The lowest BCUT2D eigenvalue weighted by Crippen LogP contribution is -1.86. The monoisotopic (exact) mass is 382 g/mol. The standard InChI is InChI=1S/C16H32Br2/c1-2-3-4-5-6-7-8-9-10-11-12-13-14-15-16(17)18/h16H,2-15H2,1H3. The Morgan fingerprint density at radius 2 is 0.889 bits per heavy atom. The van der Waals surface area contributed by atoms with E-state index in [9.17, 15) is 0 Å². The third-order valence-corrected chi connectivity index (χ3v) is 4.44. The molecule has 0 aliphatic rings. The van der Waals surface area contributed by atoms with E-state index in [0.29, 0.717) is 3.74 Å². The van der Waals surface area contributed by atoms with Crippen LogP contribution in [0.4, 0.5) is 0 Å². The van der Waals surface area contributed by atoms with E-state index in [-0.39, 0.29) is 0 Å². The summed E-state index contributed by atoms with van der Waals surface area (Å²) in [5.74, 6) is 0. The van der Waals surface area contributed by atoms with E-state index in [4.69, 9.17) is 0 Å². The molecular weight excluding hydrogens is 352 g/mol. The van der Waals surface area contributed by atoms with Gasteiger partial charge in [-0.2, -0.15) is 0 Å². The van der Waals surface area contributed by atoms with Crippen LogP contribution in [0.15, 0.2) is 0 Å². The van der Waals surface area contributed by atoms with Crippen LogP contribution < -0.4 is 0 Å². The summed E-state index contributed by atoms with van der Waals surface area (Å²) in [6, 6.07) is 0. The lowest BCUT2D eigenvalue weighted by atomic mass is 10.0. The molecule has 0 radical (unpaired) electrons. The van der Waals surface area contributed by atoms with Gasteiger partial charge in [0.05, 0.1) is 3.74 Å². The summed E-state index contributed by atoms with van der Waals surface area (Å²) in [6.07, 6.45) is 20.0. The first-order valence-corrected chi connectivity index (χ1v) is 9.88. The van der Waals surface area contributed by atoms with Crippen LogP contribution in [-0.4, -0.2) is 3.74 Å². The van der Waals surface area contributed by atoms with E-state index in [0.717, 1.165) is 0 Å². The number of alkyl halides is 2. The Labute approximate surface area is 132 Å². The lowest BCUT2D eigenvalue weighted by Gasteiger charge is -2.03. The third kappa shape index (κ3) is 17.0. The molecule has 0 heterocycles. The van der Waals surface area contributed by atoms with E-state index >= 15 is 0 Å². The smallest absolute Gasteiger partial charge is 0.0697 e. The average Bonchev–Trinajstić information content (AvgIpc) is 2.34. The molecule has 0 aromatic heterocycles. The molecule has 0 aromatic rings. The Kier molecular flexibility index (Phi) is 16.9. The highest BCUT2D eigenvalue weighted by atomic mass is 79.9. The van der Waals surface area contributed by atoms with Gasteiger partial charge in [0.15, 0.2) is 0 Å². The number of hydrogen-bond acceptors (Lipinski definition) is 0. The minimum absolute atomic E-state index is 0.526. The summed E-state index contributed by atoms with van der Waals surface area (Å²) in [4.78, 5) is 0. The Morgan fingerprint density at radius 1 is 0.556 bits per heavy atom. The molecule has 0 rings (SSSR count). The number of halogens is 2. The van der Waals surface area contributed by atoms with Crippen molar-refractivity contribution in [3.05, 3.63) is 0 Å². The fraction of sp³-hybridized carbons (Fsp3) is 1.00. The van der Waals surface area contributed by atoms with Crippen molar-refractivity contribution in [1.29, 1.82) is 0 Å². The Morgan fingerprint density at radius 3 is 1.22 bits per heavy atom. The van der Waals surface area contributed by atoms with E-state index in [1.54, 1.807) is 0 Å². The molecule has 0 bridgehead atoms. The van der Waals surface area contributed by atoms with Crippen LogP contribution in [-0.2, 0) is 0 Å². The molecule has 0 fully saturated rings. The number of hydrogen-bond donors (Lipinski definition) is 0. The van der Waals surface area contributed by atoms with Crippen LogP contribution in [0.5, 0.6) is 0 Å². The van der Waals surface area contributed by atoms with Crippen molar-refractivity contribution in [3.8, 4) is 0 Å². The summed E-state index contributed by atoms with van der Waals surface area (Å²) >= 11 is 7.05. The second-order valence-corrected chi connectivity index (χ2v) is 8.86. The normalized spacial score (nSPS) is 11.3. The molecule has 0 amide bonds. The maximum atomic E-state index is 3.52. The van der Waals surface area contributed by atoms with Gasteiger partial charge in [-0.15, -0.1) is 0 Å². The van der Waals surface area contributed by atoms with Gasteiger partial charge in [0.25, 0.3) is 0 Å². The fourth-order valence-corrected chi connectivity index (χ4v) is 2.96. The average molecular weight is 384 g/mol. The van der Waals surface area contributed by atoms with Crippen LogP contribution in [0.3, 0.4) is 0 Å². The molecule has 0 aliphatic heterocycles. The number of rotatable bonds is 14. The van der Waals surface area contributed by atoms with Crippen molar-refractivity contribution in [1.82, 2.24) is 0 Å². The SMILES string of the molecule is CCCCCCCCCCCCCCCC(Br)Br. The van der Waals surface area contributed by atoms with E-state index in [1.165, 1.54) is 89.9 Å². The Hall–Kier alpha value is 0.960. The molecule has 0 atom stereocenters. The first-order valence-electron chi connectivity index (χ1n) is 8.05. The van der Waals surface area contributed by atoms with Crippen molar-refractivity contribution in [3.63, 3.8) is 0 Å². The summed E-state index contributed by atoms with van der Waals surface area (Å²) in [5, 5.41) is 0. The summed E-state index contributed by atoms with van der Waals surface area (Å²) in [6.45, 7) is 2.29. The van der Waals surface area contributed by atoms with Gasteiger partial charge in [0, 0.05) is 0 Å². The minimum Gasteiger partial charge on any atom is -0.0765 e. The van der Waals surface area contributed by atoms with Crippen LogP contribution >= 0.6 is 31.9 Å². The van der Waals surface area contributed by atoms with E-state index < -0.39 is 0 Å². The predicted molar refractivity (Wildman–Crippen MR) is 92.0 cm³/mol. The zero-order chi connectivity index (χ0) is 13.5. The number of unbranched alkanes of at least 4 members (excludes halogenated alkanes) is 12. The van der Waals surface area contributed by atoms with Gasteiger partial charge in [-0.05, 0) is 6.42 Å². The highest BCUT2D eigenvalue weighted by Crippen LogP contribution is 2.18. The van der Waals surface area contributed by atoms with Crippen molar-refractivity contribution >= 4 is 31.9 Å². The summed E-state index contributed by atoms with van der Waals surface area (Å²) < 4.78 is 0.526. The molecule has 0 saturated carbocycles. The van der Waals surface area contributed by atoms with Crippen molar-refractivity contribution < 1.29 is 0 Å². The molecule has 18 heavy (non-hydrogen) atoms. The maximum absolute atomic E-state index is 3.52. The zero-order valence-electron chi connectivity index (χ0n) is 12.2. The highest BCUT2D eigenvalue weighted by molar-refractivity contribution is 9.24. The molecule has 0 N–H and O–H groups in total. The van der Waals surface area contributed by atoms with Gasteiger partial charge in [-0.25, -0.2) is 0 Å². The van der Waals surface area contributed by atoms with Gasteiger partial charge < -0.3 is 0 Å². The predicted octanol–water partition coefficient (Wildman–Crippen LogP) is 7.58. The van der Waals surface area contributed by atoms with Crippen molar-refractivity contribution in [2.45, 2.75) is 101 Å². The molecule has 0 spiro atoms. The van der Waals surface area contributed by atoms with Crippen molar-refractivity contribution in [2.75, 3.05) is 0 Å². The second-order valence-electron chi connectivity index (χ2n) is 5.42. The Balaban J connectivity index is 2.90. The van der Waals surface area contributed by atoms with Crippen LogP contribution in [0.25, 0.3) is 0 Å². The van der Waals surface area contributed by atoms with Gasteiger partial charge in [-0.3, -0.25) is 0 Å². The fourth-order valence-electron chi connectivity index (χ4n) is 2.32. The topological polar surface area (TPSA) is 0 Å². The summed E-state index contributed by atoms with van der Waals surface area (Å²) in [5.41, 5.74) is 0. The second kappa shape index (κ2) is 16.0. The van der Waals surface area contributed by atoms with Gasteiger partial charge >= 0.3 is 0 Å². The zero-order valence-corrected chi connectivity index (χ0v) is 15.4. The molecule has 0 aliphatic carbocycles. The Bertz CT molecular complexity index is 146. The molecule has 0 unspecified atom stereocenters. The first-order chi connectivity index (χ1) is 8.77. The largest absolute Gasteiger partial charge is 0.0765 e. The summed E-state index contributed by atoms with van der Waals surface area (Å²) in [7, 11) is 0. The highest BCUT2D eigenvalue weighted by Gasteiger charge is 1.97. The quantitative estimate of drug-likeness (QED) is 0.214. The van der Waals surface area contributed by atoms with Crippen LogP contribution in [0.2, 0.25) is 0 Å². The van der Waals surface area contributed by atoms with E-state index in [1.807, 2.05) is 0 Å².